The lowest BCUT2D eigenvalue weighted by Gasteiger charge is -2.56. The number of hydrogen-bond donors (Lipinski definition) is 2. The summed E-state index contributed by atoms with van der Waals surface area (Å²) >= 11 is 0. The monoisotopic (exact) mass is 322 g/mol. The predicted molar refractivity (Wildman–Crippen MR) is 84.0 cm³/mol. The van der Waals surface area contributed by atoms with Gasteiger partial charge in [0.2, 0.25) is 0 Å². The molecule has 4 bridgehead atoms. The SMILES string of the molecule is NN[P@](=O)(Oc1ccccc1)OC12CC3CC(CC(C3)C1)C2. The molecule has 120 valence electrons. The number of nitrogens with two attached hydrogens (primary N) is 1. The second-order valence-electron chi connectivity index (χ2n) is 7.22. The van der Waals surface area contributed by atoms with Crippen LogP contribution in [0.5, 0.6) is 5.75 Å². The summed E-state index contributed by atoms with van der Waals surface area (Å²) < 4.78 is 24.6. The van der Waals surface area contributed by atoms with Crippen LogP contribution in [0.1, 0.15) is 38.5 Å². The lowest BCUT2D eigenvalue weighted by molar-refractivity contribution is -0.111. The van der Waals surface area contributed by atoms with E-state index in [1.807, 2.05) is 18.2 Å². The van der Waals surface area contributed by atoms with Crippen LogP contribution in [0, 0.1) is 17.8 Å². The third-order valence-electron chi connectivity index (χ3n) is 5.42. The highest BCUT2D eigenvalue weighted by molar-refractivity contribution is 7.52. The van der Waals surface area contributed by atoms with Gasteiger partial charge in [0.05, 0.1) is 5.60 Å². The molecule has 4 saturated carbocycles. The summed E-state index contributed by atoms with van der Waals surface area (Å²) in [6, 6.07) is 9.06. The molecule has 0 saturated heterocycles. The highest BCUT2D eigenvalue weighted by Gasteiger charge is 2.54. The average Bonchev–Trinajstić information content (AvgIpc) is 2.46. The van der Waals surface area contributed by atoms with Crippen LogP contribution >= 0.6 is 7.75 Å². The summed E-state index contributed by atoms with van der Waals surface area (Å²) in [5.74, 6) is 8.18. The van der Waals surface area contributed by atoms with Gasteiger partial charge in [-0.25, -0.2) is 4.57 Å². The molecule has 0 spiro atoms. The fourth-order valence-electron chi connectivity index (χ4n) is 5.09. The van der Waals surface area contributed by atoms with Crippen molar-refractivity contribution in [3.63, 3.8) is 0 Å². The molecular formula is C16H23N2O3P. The van der Waals surface area contributed by atoms with Gasteiger partial charge in [0.15, 0.2) is 0 Å². The van der Waals surface area contributed by atoms with Crippen LogP contribution in [-0.4, -0.2) is 5.60 Å². The van der Waals surface area contributed by atoms with Crippen molar-refractivity contribution in [1.82, 2.24) is 5.20 Å². The number of nitrogens with one attached hydrogen (secondary N) is 1. The predicted octanol–water partition coefficient (Wildman–Crippen LogP) is 3.62. The maximum Gasteiger partial charge on any atom is 0.472 e. The Kier molecular flexibility index (Phi) is 3.57. The second-order valence-corrected chi connectivity index (χ2v) is 8.84. The largest absolute Gasteiger partial charge is 0.472 e. The zero-order chi connectivity index (χ0) is 15.2. The standard InChI is InChI=1S/C16H23N2O3P/c17-18-22(19,20-15-4-2-1-3-5-15)21-16-9-12-6-13(10-16)8-14(7-12)11-16/h1-5,12-14H,6-11,17H2,(H,18,19)/t12?,13?,14?,16?,22-/m0/s1. The average molecular weight is 322 g/mol. The maximum atomic E-state index is 13.0. The van der Waals surface area contributed by atoms with E-state index in [0.717, 1.165) is 19.3 Å². The summed E-state index contributed by atoms with van der Waals surface area (Å²) in [4.78, 5) is 0. The topological polar surface area (TPSA) is 73.6 Å². The molecular weight excluding hydrogens is 299 g/mol. The van der Waals surface area contributed by atoms with Crippen molar-refractivity contribution in [2.24, 2.45) is 23.6 Å². The molecule has 4 fully saturated rings. The lowest BCUT2D eigenvalue weighted by atomic mass is 9.54. The number of hydrogen-bond acceptors (Lipinski definition) is 4. The number of para-hydroxylation sites is 1. The van der Waals surface area contributed by atoms with Gasteiger partial charge in [-0.3, -0.25) is 10.4 Å². The van der Waals surface area contributed by atoms with E-state index in [9.17, 15) is 4.57 Å². The maximum absolute atomic E-state index is 13.0. The van der Waals surface area contributed by atoms with Crippen molar-refractivity contribution < 1.29 is 13.6 Å². The highest BCUT2D eigenvalue weighted by atomic mass is 31.2. The minimum Gasteiger partial charge on any atom is -0.412 e. The molecule has 1 aromatic rings. The molecule has 1 aromatic carbocycles. The van der Waals surface area contributed by atoms with Crippen LogP contribution in [0.25, 0.3) is 0 Å². The Labute approximate surface area is 131 Å². The number of benzene rings is 1. The molecule has 0 heterocycles. The quantitative estimate of drug-likeness (QED) is 0.492. The third-order valence-corrected chi connectivity index (χ3v) is 6.82. The van der Waals surface area contributed by atoms with E-state index < -0.39 is 7.75 Å². The zero-order valence-corrected chi connectivity index (χ0v) is 13.5. The van der Waals surface area contributed by atoms with E-state index in [-0.39, 0.29) is 5.60 Å². The lowest BCUT2D eigenvalue weighted by Crippen LogP contribution is -2.52. The highest BCUT2D eigenvalue weighted by Crippen LogP contribution is 2.61. The molecule has 22 heavy (non-hydrogen) atoms. The van der Waals surface area contributed by atoms with Crippen molar-refractivity contribution in [3.05, 3.63) is 30.3 Å². The van der Waals surface area contributed by atoms with Crippen LogP contribution < -0.4 is 15.6 Å². The van der Waals surface area contributed by atoms with Gasteiger partial charge in [0, 0.05) is 0 Å². The first-order valence-corrected chi connectivity index (χ1v) is 9.66. The Morgan fingerprint density at radius 3 is 2.09 bits per heavy atom. The first-order chi connectivity index (χ1) is 10.6. The molecule has 4 aliphatic carbocycles. The molecule has 5 nitrogen and oxygen atoms in total. The molecule has 0 radical (unpaired) electrons. The Morgan fingerprint density at radius 2 is 1.59 bits per heavy atom. The van der Waals surface area contributed by atoms with Crippen molar-refractivity contribution in [2.75, 3.05) is 0 Å². The molecule has 4 aliphatic rings. The van der Waals surface area contributed by atoms with Gasteiger partial charge in [-0.15, -0.1) is 0 Å². The summed E-state index contributed by atoms with van der Waals surface area (Å²) in [5.41, 5.74) is -0.314. The Morgan fingerprint density at radius 1 is 1.05 bits per heavy atom. The summed E-state index contributed by atoms with van der Waals surface area (Å²) in [6.07, 6.45) is 6.89. The van der Waals surface area contributed by atoms with Gasteiger partial charge in [0.1, 0.15) is 5.75 Å². The van der Waals surface area contributed by atoms with Crippen LogP contribution in [0.4, 0.5) is 0 Å². The fraction of sp³-hybridized carbons (Fsp3) is 0.625. The molecule has 0 aliphatic heterocycles. The molecule has 0 aromatic heterocycles. The number of rotatable bonds is 5. The third kappa shape index (κ3) is 2.71. The minimum atomic E-state index is -3.54. The van der Waals surface area contributed by atoms with Crippen molar-refractivity contribution in [2.45, 2.75) is 44.1 Å². The zero-order valence-electron chi connectivity index (χ0n) is 12.6. The van der Waals surface area contributed by atoms with Gasteiger partial charge < -0.3 is 4.52 Å². The molecule has 0 unspecified atom stereocenters. The van der Waals surface area contributed by atoms with Crippen molar-refractivity contribution >= 4 is 7.75 Å². The van der Waals surface area contributed by atoms with E-state index >= 15 is 0 Å². The Balaban J connectivity index is 1.54. The van der Waals surface area contributed by atoms with Crippen LogP contribution in [-0.2, 0) is 9.09 Å². The van der Waals surface area contributed by atoms with E-state index in [1.54, 1.807) is 12.1 Å². The van der Waals surface area contributed by atoms with Crippen LogP contribution in [0.2, 0.25) is 0 Å². The molecule has 1 atom stereocenters. The normalized spacial score (nSPS) is 38.7. The molecule has 6 heteroatoms. The van der Waals surface area contributed by atoms with E-state index in [4.69, 9.17) is 14.9 Å². The summed E-state index contributed by atoms with van der Waals surface area (Å²) in [6.45, 7) is 0. The Bertz CT molecular complexity index is 557. The van der Waals surface area contributed by atoms with Gasteiger partial charge in [-0.05, 0) is 68.4 Å². The van der Waals surface area contributed by atoms with E-state index in [0.29, 0.717) is 23.5 Å². The van der Waals surface area contributed by atoms with Crippen molar-refractivity contribution in [3.8, 4) is 5.75 Å². The minimum absolute atomic E-state index is 0.314. The van der Waals surface area contributed by atoms with Crippen molar-refractivity contribution in [1.29, 1.82) is 0 Å². The number of hydrazine groups is 1. The first-order valence-electron chi connectivity index (χ1n) is 8.11. The second kappa shape index (κ2) is 5.34. The van der Waals surface area contributed by atoms with Gasteiger partial charge >= 0.3 is 7.75 Å². The fourth-order valence-corrected chi connectivity index (χ4v) is 6.36. The first kappa shape index (κ1) is 14.7. The smallest absolute Gasteiger partial charge is 0.412 e. The van der Waals surface area contributed by atoms with E-state index in [2.05, 4.69) is 5.20 Å². The van der Waals surface area contributed by atoms with Crippen LogP contribution in [0.15, 0.2) is 30.3 Å². The molecule has 0 amide bonds. The van der Waals surface area contributed by atoms with Crippen LogP contribution in [0.3, 0.4) is 0 Å². The molecule has 5 rings (SSSR count). The van der Waals surface area contributed by atoms with Gasteiger partial charge in [0.25, 0.3) is 0 Å². The molecule has 3 N–H and O–H groups in total. The van der Waals surface area contributed by atoms with Gasteiger partial charge in [-0.1, -0.05) is 18.2 Å². The van der Waals surface area contributed by atoms with Gasteiger partial charge in [-0.2, -0.15) is 5.20 Å². The van der Waals surface area contributed by atoms with E-state index in [1.165, 1.54) is 19.3 Å². The Hall–Kier alpha value is -0.870. The summed E-state index contributed by atoms with van der Waals surface area (Å²) in [5, 5.41) is 2.31. The summed E-state index contributed by atoms with van der Waals surface area (Å²) in [7, 11) is -3.54.